The summed E-state index contributed by atoms with van der Waals surface area (Å²) in [6, 6.07) is 0. The maximum Gasteiger partial charge on any atom is 0.102 e. The van der Waals surface area contributed by atoms with E-state index in [0.29, 0.717) is 17.8 Å². The van der Waals surface area contributed by atoms with Crippen molar-refractivity contribution in [3.05, 3.63) is 0 Å². The highest BCUT2D eigenvalue weighted by Gasteiger charge is 2.18. The molecule has 0 bridgehead atoms. The highest BCUT2D eigenvalue weighted by atomic mass is 16.3. The first-order chi connectivity index (χ1) is 4.95. The summed E-state index contributed by atoms with van der Waals surface area (Å²) in [6.07, 6.45) is 0.0693. The lowest BCUT2D eigenvalue weighted by atomic mass is 9.83. The second-order valence-electron chi connectivity index (χ2n) is 3.95. The van der Waals surface area contributed by atoms with Crippen molar-refractivity contribution in [3.63, 3.8) is 0 Å². The molecule has 0 aliphatic heterocycles. The van der Waals surface area contributed by atoms with Crippen LogP contribution < -0.4 is 5.73 Å². The average Bonchev–Trinajstić information content (AvgIpc) is 1.81. The predicted octanol–water partition coefficient (Wildman–Crippen LogP) is 1.58. The molecule has 0 aliphatic carbocycles. The van der Waals surface area contributed by atoms with E-state index in [2.05, 4.69) is 27.7 Å². The van der Waals surface area contributed by atoms with Gasteiger partial charge in [0.2, 0.25) is 0 Å². The van der Waals surface area contributed by atoms with Gasteiger partial charge in [0.1, 0.15) is 6.23 Å². The predicted molar refractivity (Wildman–Crippen MR) is 48.0 cm³/mol. The van der Waals surface area contributed by atoms with Gasteiger partial charge in [-0.2, -0.15) is 0 Å². The number of rotatable bonds is 4. The lowest BCUT2D eigenvalue weighted by Crippen LogP contribution is -2.27. The Morgan fingerprint density at radius 3 is 1.55 bits per heavy atom. The Kier molecular flexibility index (Phi) is 4.69. The van der Waals surface area contributed by atoms with E-state index in [1.807, 2.05) is 0 Å². The van der Waals surface area contributed by atoms with Crippen LogP contribution in [-0.4, -0.2) is 11.3 Å². The zero-order chi connectivity index (χ0) is 9.02. The maximum absolute atomic E-state index is 9.00. The fourth-order valence-corrected chi connectivity index (χ4v) is 1.59. The molecule has 2 heteroatoms. The minimum atomic E-state index is -0.648. The number of nitrogens with two attached hydrogens (primary N) is 1. The molecule has 3 N–H and O–H groups in total. The fourth-order valence-electron chi connectivity index (χ4n) is 1.59. The van der Waals surface area contributed by atoms with E-state index >= 15 is 0 Å². The van der Waals surface area contributed by atoms with Crippen molar-refractivity contribution in [1.29, 1.82) is 0 Å². The first-order valence-corrected chi connectivity index (χ1v) is 4.38. The van der Waals surface area contributed by atoms with E-state index in [1.165, 1.54) is 0 Å². The van der Waals surface area contributed by atoms with Crippen molar-refractivity contribution in [2.75, 3.05) is 0 Å². The lowest BCUT2D eigenvalue weighted by molar-refractivity contribution is 0.116. The monoisotopic (exact) mass is 159 g/mol. The van der Waals surface area contributed by atoms with E-state index in [1.54, 1.807) is 0 Å². The molecule has 0 spiro atoms. The normalized spacial score (nSPS) is 15.0. The average molecular weight is 159 g/mol. The van der Waals surface area contributed by atoms with Crippen LogP contribution in [0.15, 0.2) is 0 Å². The van der Waals surface area contributed by atoms with Crippen molar-refractivity contribution < 1.29 is 5.11 Å². The van der Waals surface area contributed by atoms with E-state index in [9.17, 15) is 0 Å². The molecule has 1 unspecified atom stereocenters. The summed E-state index contributed by atoms with van der Waals surface area (Å²) in [6.45, 7) is 8.69. The molecular weight excluding hydrogens is 138 g/mol. The van der Waals surface area contributed by atoms with Gasteiger partial charge in [-0.15, -0.1) is 0 Å². The molecule has 0 aliphatic rings. The Morgan fingerprint density at radius 2 is 1.45 bits per heavy atom. The third-order valence-corrected chi connectivity index (χ3v) is 2.23. The minimum Gasteiger partial charge on any atom is -0.379 e. The topological polar surface area (TPSA) is 46.2 Å². The van der Waals surface area contributed by atoms with Crippen molar-refractivity contribution in [2.24, 2.45) is 23.5 Å². The minimum absolute atomic E-state index is 0.537. The fraction of sp³-hybridized carbons (Fsp3) is 1.00. The number of aliphatic hydroxyl groups is 1. The smallest absolute Gasteiger partial charge is 0.102 e. The van der Waals surface area contributed by atoms with Gasteiger partial charge in [-0.1, -0.05) is 27.7 Å². The standard InChI is InChI=1S/C9H21NO/c1-6(2)8(7(3)4)5-9(10)11/h6-9,11H,5,10H2,1-4H3. The highest BCUT2D eigenvalue weighted by Crippen LogP contribution is 2.24. The van der Waals surface area contributed by atoms with Gasteiger partial charge in [0.25, 0.3) is 0 Å². The molecule has 0 saturated heterocycles. The molecule has 2 nitrogen and oxygen atoms in total. The Morgan fingerprint density at radius 1 is 1.09 bits per heavy atom. The van der Waals surface area contributed by atoms with Crippen LogP contribution in [0, 0.1) is 17.8 Å². The summed E-state index contributed by atoms with van der Waals surface area (Å²) in [5.74, 6) is 1.75. The molecule has 1 atom stereocenters. The van der Waals surface area contributed by atoms with Crippen LogP contribution in [0.3, 0.4) is 0 Å². The van der Waals surface area contributed by atoms with Crippen molar-refractivity contribution in [2.45, 2.75) is 40.3 Å². The summed E-state index contributed by atoms with van der Waals surface area (Å²) in [5.41, 5.74) is 5.32. The van der Waals surface area contributed by atoms with Crippen LogP contribution in [0.4, 0.5) is 0 Å². The second-order valence-corrected chi connectivity index (χ2v) is 3.95. The SMILES string of the molecule is CC(C)C(CC(N)O)C(C)C. The third-order valence-electron chi connectivity index (χ3n) is 2.23. The van der Waals surface area contributed by atoms with Gasteiger partial charge in [0, 0.05) is 0 Å². The Labute approximate surface area is 69.8 Å². The zero-order valence-electron chi connectivity index (χ0n) is 8.04. The summed E-state index contributed by atoms with van der Waals surface area (Å²) >= 11 is 0. The number of aliphatic hydroxyl groups excluding tert-OH is 1. The molecule has 0 aromatic rings. The first kappa shape index (κ1) is 10.9. The summed E-state index contributed by atoms with van der Waals surface area (Å²) in [4.78, 5) is 0. The molecular formula is C9H21NO. The molecule has 0 aromatic carbocycles. The summed E-state index contributed by atoms with van der Waals surface area (Å²) in [5, 5.41) is 9.00. The van der Waals surface area contributed by atoms with Gasteiger partial charge in [-0.25, -0.2) is 0 Å². The van der Waals surface area contributed by atoms with Gasteiger partial charge in [0.05, 0.1) is 0 Å². The van der Waals surface area contributed by atoms with Gasteiger partial charge < -0.3 is 10.8 Å². The Hall–Kier alpha value is -0.0800. The van der Waals surface area contributed by atoms with Crippen LogP contribution in [0.2, 0.25) is 0 Å². The van der Waals surface area contributed by atoms with E-state index in [4.69, 9.17) is 10.8 Å². The summed E-state index contributed by atoms with van der Waals surface area (Å²) in [7, 11) is 0. The second kappa shape index (κ2) is 4.73. The summed E-state index contributed by atoms with van der Waals surface area (Å²) < 4.78 is 0. The zero-order valence-corrected chi connectivity index (χ0v) is 8.04. The van der Waals surface area contributed by atoms with Crippen molar-refractivity contribution >= 4 is 0 Å². The van der Waals surface area contributed by atoms with E-state index in [0.717, 1.165) is 6.42 Å². The van der Waals surface area contributed by atoms with Crippen molar-refractivity contribution in [1.82, 2.24) is 0 Å². The van der Waals surface area contributed by atoms with Crippen LogP contribution >= 0.6 is 0 Å². The molecule has 0 saturated carbocycles. The van der Waals surface area contributed by atoms with E-state index < -0.39 is 6.23 Å². The Bertz CT molecular complexity index is 91.7. The third kappa shape index (κ3) is 4.38. The van der Waals surface area contributed by atoms with Gasteiger partial charge in [-0.05, 0) is 24.2 Å². The molecule has 0 heterocycles. The number of hydrogen-bond acceptors (Lipinski definition) is 2. The molecule has 0 amide bonds. The van der Waals surface area contributed by atoms with Gasteiger partial charge in [-0.3, -0.25) is 0 Å². The molecule has 0 fully saturated rings. The Balaban J connectivity index is 3.90. The van der Waals surface area contributed by atoms with Crippen LogP contribution in [-0.2, 0) is 0 Å². The number of hydrogen-bond donors (Lipinski definition) is 2. The lowest BCUT2D eigenvalue weighted by Gasteiger charge is -2.25. The molecule has 0 rings (SSSR count). The highest BCUT2D eigenvalue weighted by molar-refractivity contribution is 4.68. The first-order valence-electron chi connectivity index (χ1n) is 4.38. The van der Waals surface area contributed by atoms with Gasteiger partial charge >= 0.3 is 0 Å². The quantitative estimate of drug-likeness (QED) is 0.612. The largest absolute Gasteiger partial charge is 0.379 e. The molecule has 11 heavy (non-hydrogen) atoms. The van der Waals surface area contributed by atoms with Gasteiger partial charge in [0.15, 0.2) is 0 Å². The maximum atomic E-state index is 9.00. The molecule has 68 valence electrons. The molecule has 0 aromatic heterocycles. The molecule has 0 radical (unpaired) electrons. The van der Waals surface area contributed by atoms with Crippen LogP contribution in [0.5, 0.6) is 0 Å². The van der Waals surface area contributed by atoms with Crippen LogP contribution in [0.1, 0.15) is 34.1 Å². The van der Waals surface area contributed by atoms with Crippen LogP contribution in [0.25, 0.3) is 0 Å². The van der Waals surface area contributed by atoms with Crippen molar-refractivity contribution in [3.8, 4) is 0 Å². The van der Waals surface area contributed by atoms with E-state index in [-0.39, 0.29) is 0 Å².